The third-order valence-corrected chi connectivity index (χ3v) is 5.95. The van der Waals surface area contributed by atoms with Gasteiger partial charge in [-0.25, -0.2) is 0 Å². The summed E-state index contributed by atoms with van der Waals surface area (Å²) in [6, 6.07) is 0. The van der Waals surface area contributed by atoms with Crippen LogP contribution in [0.5, 0.6) is 0 Å². The van der Waals surface area contributed by atoms with Gasteiger partial charge in [0.2, 0.25) is 0 Å². The maximum absolute atomic E-state index is 11.1. The Kier molecular flexibility index (Phi) is 3.70. The Balaban J connectivity index is 3.81. The van der Waals surface area contributed by atoms with E-state index >= 15 is 0 Å². The molecule has 0 radical (unpaired) electrons. The van der Waals surface area contributed by atoms with Gasteiger partial charge in [0.15, 0.2) is 5.25 Å². The zero-order valence-corrected chi connectivity index (χ0v) is 11.2. The first-order valence-electron chi connectivity index (χ1n) is 4.24. The Hall–Kier alpha value is -0.830. The summed E-state index contributed by atoms with van der Waals surface area (Å²) in [6.07, 6.45) is 1.46. The Labute approximate surface area is 108 Å². The lowest BCUT2D eigenvalue weighted by Gasteiger charge is -2.31. The number of rotatable bonds is 3. The van der Waals surface area contributed by atoms with Crippen LogP contribution >= 0.6 is 0 Å². The van der Waals surface area contributed by atoms with Crippen molar-refractivity contribution in [3.8, 4) is 0 Å². The molecular weight excluding hydrogens is 328 g/mol. The molecule has 0 amide bonds. The first kappa shape index (κ1) is 16.2. The van der Waals surface area contributed by atoms with Gasteiger partial charge in [-0.15, -0.1) is 0 Å². The van der Waals surface area contributed by atoms with E-state index in [2.05, 4.69) is 0 Å². The molecule has 1 aliphatic carbocycles. The lowest BCUT2D eigenvalue weighted by Crippen LogP contribution is -2.55. The van der Waals surface area contributed by atoms with Gasteiger partial charge in [0.1, 0.15) is 4.91 Å². The van der Waals surface area contributed by atoms with E-state index in [1.807, 2.05) is 0 Å². The van der Waals surface area contributed by atoms with Crippen LogP contribution in [-0.2, 0) is 30.4 Å². The smallest absolute Gasteiger partial charge is 0.302 e. The number of allylic oxidation sites excluding steroid dienone is 2. The van der Waals surface area contributed by atoms with Crippen molar-refractivity contribution >= 4 is 30.4 Å². The third-order valence-electron chi connectivity index (χ3n) is 2.26. The van der Waals surface area contributed by atoms with Gasteiger partial charge in [-0.05, 0) is 6.08 Å². The fourth-order valence-corrected chi connectivity index (χ4v) is 5.18. The van der Waals surface area contributed by atoms with E-state index in [0.717, 1.165) is 0 Å². The predicted molar refractivity (Wildman–Crippen MR) is 60.6 cm³/mol. The number of hydrogen-bond acceptors (Lipinski definition) is 7. The van der Waals surface area contributed by atoms with Crippen LogP contribution in [0.25, 0.3) is 0 Å². The van der Waals surface area contributed by atoms with Gasteiger partial charge < -0.3 is 5.11 Å². The average molecular weight is 336 g/mol. The Bertz CT molecular complexity index is 752. The quantitative estimate of drug-likeness (QED) is 0.427. The van der Waals surface area contributed by atoms with Crippen LogP contribution in [0.2, 0.25) is 0 Å². The monoisotopic (exact) mass is 336 g/mol. The molecule has 13 heteroatoms. The lowest BCUT2D eigenvalue weighted by atomic mass is 10.1. The molecule has 0 bridgehead atoms. The van der Waals surface area contributed by atoms with Gasteiger partial charge in [0.25, 0.3) is 25.2 Å². The van der Waals surface area contributed by atoms with E-state index in [9.17, 15) is 30.4 Å². The first-order chi connectivity index (χ1) is 8.22. The van der Waals surface area contributed by atoms with E-state index in [0.29, 0.717) is 18.2 Å². The molecule has 0 spiro atoms. The summed E-state index contributed by atoms with van der Waals surface area (Å²) in [5.74, 6) is 0. The summed E-state index contributed by atoms with van der Waals surface area (Å²) in [6.45, 7) is 0. The highest BCUT2D eigenvalue weighted by molar-refractivity contribution is 7.95. The SMILES string of the molecule is O=S(=O)(O)C1=CC=CC(S(=O)(=O)O)C1(O)S(=O)(=O)O. The van der Waals surface area contributed by atoms with Crippen LogP contribution in [0.4, 0.5) is 0 Å². The second-order valence-corrected chi connectivity index (χ2v) is 8.00. The molecule has 1 rings (SSSR count). The largest absolute Gasteiger partial charge is 0.367 e. The fraction of sp³-hybridized carbons (Fsp3) is 0.333. The molecule has 1 aliphatic rings. The highest BCUT2D eigenvalue weighted by Crippen LogP contribution is 2.37. The maximum atomic E-state index is 11.1. The number of hydrogen-bond donors (Lipinski definition) is 4. The maximum Gasteiger partial charge on any atom is 0.302 e. The Morgan fingerprint density at radius 2 is 1.47 bits per heavy atom. The van der Waals surface area contributed by atoms with Crippen LogP contribution in [0.3, 0.4) is 0 Å². The van der Waals surface area contributed by atoms with Crippen LogP contribution < -0.4 is 0 Å². The van der Waals surface area contributed by atoms with Crippen molar-refractivity contribution in [1.29, 1.82) is 0 Å². The molecule has 0 saturated heterocycles. The van der Waals surface area contributed by atoms with Crippen molar-refractivity contribution in [2.24, 2.45) is 0 Å². The van der Waals surface area contributed by atoms with Crippen LogP contribution in [0.1, 0.15) is 0 Å². The molecule has 110 valence electrons. The van der Waals surface area contributed by atoms with Gasteiger partial charge in [0, 0.05) is 0 Å². The highest BCUT2D eigenvalue weighted by atomic mass is 32.2. The van der Waals surface area contributed by atoms with Gasteiger partial charge >= 0.3 is 10.1 Å². The molecule has 0 heterocycles. The van der Waals surface area contributed by atoms with Crippen molar-refractivity contribution in [3.63, 3.8) is 0 Å². The first-order valence-corrected chi connectivity index (χ1v) is 8.63. The molecule has 2 atom stereocenters. The normalized spacial score (nSPS) is 29.1. The third kappa shape index (κ3) is 2.71. The number of aliphatic hydroxyl groups is 1. The minimum Gasteiger partial charge on any atom is -0.367 e. The van der Waals surface area contributed by atoms with E-state index in [1.165, 1.54) is 0 Å². The van der Waals surface area contributed by atoms with Crippen molar-refractivity contribution < 1.29 is 44.0 Å². The van der Waals surface area contributed by atoms with Crippen LogP contribution in [0.15, 0.2) is 23.1 Å². The Morgan fingerprint density at radius 3 is 1.79 bits per heavy atom. The molecule has 0 aliphatic heterocycles. The molecule has 0 aromatic carbocycles. The summed E-state index contributed by atoms with van der Waals surface area (Å²) in [5.41, 5.74) is 0. The summed E-state index contributed by atoms with van der Waals surface area (Å²) in [4.78, 5) is -5.66. The zero-order chi connectivity index (χ0) is 15.3. The van der Waals surface area contributed by atoms with Gasteiger partial charge in [0.05, 0.1) is 0 Å². The minimum atomic E-state index is -5.73. The van der Waals surface area contributed by atoms with Crippen molar-refractivity contribution in [3.05, 3.63) is 23.1 Å². The topological polar surface area (TPSA) is 183 Å². The van der Waals surface area contributed by atoms with E-state index in [1.54, 1.807) is 0 Å². The molecule has 19 heavy (non-hydrogen) atoms. The van der Waals surface area contributed by atoms with E-state index < -0.39 is 45.4 Å². The summed E-state index contributed by atoms with van der Waals surface area (Å²) >= 11 is 0. The minimum absolute atomic E-state index is 0.366. The zero-order valence-electron chi connectivity index (χ0n) is 8.77. The molecule has 0 aromatic rings. The standard InChI is InChI=1S/C6H8O10S3/c7-6(19(14,15)16)4(17(8,9)10)2-1-3-5(6)18(11,12)13/h1-4,7H,(H,8,9,10)(H,11,12,13)(H,14,15,16). The molecule has 4 N–H and O–H groups in total. The molecule has 10 nitrogen and oxygen atoms in total. The fourth-order valence-electron chi connectivity index (χ4n) is 1.48. The van der Waals surface area contributed by atoms with Crippen LogP contribution in [-0.4, -0.2) is 54.2 Å². The van der Waals surface area contributed by atoms with Crippen molar-refractivity contribution in [2.45, 2.75) is 10.2 Å². The summed E-state index contributed by atoms with van der Waals surface area (Å²) < 4.78 is 92.6. The summed E-state index contributed by atoms with van der Waals surface area (Å²) in [5, 5.41) is 7.04. The van der Waals surface area contributed by atoms with Crippen molar-refractivity contribution in [2.75, 3.05) is 0 Å². The molecule has 0 aromatic heterocycles. The van der Waals surface area contributed by atoms with Gasteiger partial charge in [-0.3, -0.25) is 13.7 Å². The second kappa shape index (κ2) is 4.34. The van der Waals surface area contributed by atoms with Gasteiger partial charge in [-0.1, -0.05) is 12.2 Å². The van der Waals surface area contributed by atoms with E-state index in [-0.39, 0.29) is 0 Å². The van der Waals surface area contributed by atoms with E-state index in [4.69, 9.17) is 13.7 Å². The lowest BCUT2D eigenvalue weighted by molar-refractivity contribution is 0.155. The average Bonchev–Trinajstić information content (AvgIpc) is 2.12. The van der Waals surface area contributed by atoms with Crippen molar-refractivity contribution in [1.82, 2.24) is 0 Å². The predicted octanol–water partition coefficient (Wildman–Crippen LogP) is -1.84. The molecule has 0 saturated carbocycles. The van der Waals surface area contributed by atoms with Crippen LogP contribution in [0, 0.1) is 0 Å². The Morgan fingerprint density at radius 1 is 1.00 bits per heavy atom. The molecule has 0 fully saturated rings. The second-order valence-electron chi connectivity index (χ2n) is 3.50. The molecule has 2 unspecified atom stereocenters. The highest BCUT2D eigenvalue weighted by Gasteiger charge is 2.60. The molecular formula is C6H8O10S3. The van der Waals surface area contributed by atoms with Gasteiger partial charge in [-0.2, -0.15) is 25.3 Å². The summed E-state index contributed by atoms with van der Waals surface area (Å²) in [7, 11) is -16.4.